The van der Waals surface area contributed by atoms with Crippen molar-refractivity contribution in [2.24, 2.45) is 5.92 Å². The van der Waals surface area contributed by atoms with Gasteiger partial charge in [-0.15, -0.1) is 0 Å². The second-order valence-electron chi connectivity index (χ2n) is 8.81. The Labute approximate surface area is 195 Å². The average molecular weight is 439 g/mol. The van der Waals surface area contributed by atoms with Gasteiger partial charge in [0.15, 0.2) is 0 Å². The maximum absolute atomic E-state index is 12.5. The Balaban J connectivity index is 1.30. The highest BCUT2D eigenvalue weighted by molar-refractivity contribution is 5.91. The first kappa shape index (κ1) is 21.3. The highest BCUT2D eigenvalue weighted by atomic mass is 16.5. The van der Waals surface area contributed by atoms with Gasteiger partial charge in [-0.25, -0.2) is 0 Å². The number of fused-ring (bicyclic) bond motifs is 3. The fourth-order valence-electron chi connectivity index (χ4n) is 5.07. The van der Waals surface area contributed by atoms with Gasteiger partial charge in [0.05, 0.1) is 12.6 Å². The number of benzene rings is 3. The van der Waals surface area contributed by atoms with Crippen LogP contribution in [0.4, 0.5) is 11.4 Å². The lowest BCUT2D eigenvalue weighted by atomic mass is 9.77. The van der Waals surface area contributed by atoms with Crippen molar-refractivity contribution in [2.45, 2.75) is 38.1 Å². The molecule has 0 spiro atoms. The molecule has 5 rings (SSSR count). The molecule has 3 aromatic rings. The smallest absolute Gasteiger partial charge is 0.224 e. The van der Waals surface area contributed by atoms with E-state index < -0.39 is 0 Å². The molecule has 2 aliphatic rings. The van der Waals surface area contributed by atoms with E-state index in [2.05, 4.69) is 71.3 Å². The van der Waals surface area contributed by atoms with Gasteiger partial charge in [0, 0.05) is 23.7 Å². The SMILES string of the molecule is CCOc1ccc(C2Nc3ccc(NC(=O)CCc4ccccc4)cc3C3C=CCC32)cc1. The number of hydrogen-bond acceptors (Lipinski definition) is 3. The fourth-order valence-corrected chi connectivity index (χ4v) is 5.07. The van der Waals surface area contributed by atoms with Crippen LogP contribution in [0.15, 0.2) is 84.9 Å². The van der Waals surface area contributed by atoms with Crippen molar-refractivity contribution in [1.82, 2.24) is 0 Å². The minimum atomic E-state index is 0.0494. The van der Waals surface area contributed by atoms with Crippen LogP contribution in [0.1, 0.15) is 48.4 Å². The molecule has 3 atom stereocenters. The summed E-state index contributed by atoms with van der Waals surface area (Å²) >= 11 is 0. The molecule has 0 saturated carbocycles. The Kier molecular flexibility index (Phi) is 6.16. The van der Waals surface area contributed by atoms with E-state index in [-0.39, 0.29) is 11.9 Å². The molecule has 0 aromatic heterocycles. The number of carbonyl (C=O) groups is 1. The minimum Gasteiger partial charge on any atom is -0.494 e. The van der Waals surface area contributed by atoms with E-state index in [1.165, 1.54) is 16.7 Å². The normalized spacial score (nSPS) is 20.5. The Bertz CT molecular complexity index is 1140. The summed E-state index contributed by atoms with van der Waals surface area (Å²) in [6, 6.07) is 25.1. The molecule has 2 N–H and O–H groups in total. The van der Waals surface area contributed by atoms with Crippen LogP contribution in [0.5, 0.6) is 5.75 Å². The Morgan fingerprint density at radius 3 is 2.67 bits per heavy atom. The van der Waals surface area contributed by atoms with Gasteiger partial charge in [-0.2, -0.15) is 0 Å². The average Bonchev–Trinajstić information content (AvgIpc) is 3.34. The summed E-state index contributed by atoms with van der Waals surface area (Å²) in [5, 5.41) is 6.87. The van der Waals surface area contributed by atoms with Crippen LogP contribution < -0.4 is 15.4 Å². The van der Waals surface area contributed by atoms with Crippen molar-refractivity contribution >= 4 is 17.3 Å². The second kappa shape index (κ2) is 9.53. The number of ether oxygens (including phenoxy) is 1. The monoisotopic (exact) mass is 438 g/mol. The first-order chi connectivity index (χ1) is 16.2. The number of anilines is 2. The fraction of sp³-hybridized carbons (Fsp3) is 0.276. The minimum absolute atomic E-state index is 0.0494. The summed E-state index contributed by atoms with van der Waals surface area (Å²) < 4.78 is 5.61. The molecule has 0 radical (unpaired) electrons. The summed E-state index contributed by atoms with van der Waals surface area (Å²) in [4.78, 5) is 12.5. The molecule has 0 fully saturated rings. The molecule has 1 aliphatic carbocycles. The van der Waals surface area contributed by atoms with Crippen LogP contribution in [-0.4, -0.2) is 12.5 Å². The van der Waals surface area contributed by atoms with Crippen molar-refractivity contribution in [2.75, 3.05) is 17.2 Å². The summed E-state index contributed by atoms with van der Waals surface area (Å²) in [5.41, 5.74) is 5.73. The zero-order valence-corrected chi connectivity index (χ0v) is 19.0. The van der Waals surface area contributed by atoms with Crippen LogP contribution in [0.3, 0.4) is 0 Å². The first-order valence-corrected chi connectivity index (χ1v) is 11.8. The Hall–Kier alpha value is -3.53. The lowest BCUT2D eigenvalue weighted by Gasteiger charge is -2.37. The van der Waals surface area contributed by atoms with E-state index >= 15 is 0 Å². The van der Waals surface area contributed by atoms with Crippen molar-refractivity contribution in [3.8, 4) is 5.75 Å². The molecular weight excluding hydrogens is 408 g/mol. The topological polar surface area (TPSA) is 50.4 Å². The number of aryl methyl sites for hydroxylation is 1. The van der Waals surface area contributed by atoms with Crippen LogP contribution >= 0.6 is 0 Å². The molecule has 4 nitrogen and oxygen atoms in total. The third kappa shape index (κ3) is 4.65. The molecule has 4 heteroatoms. The summed E-state index contributed by atoms with van der Waals surface area (Å²) in [7, 11) is 0. The zero-order valence-electron chi connectivity index (χ0n) is 19.0. The highest BCUT2D eigenvalue weighted by Crippen LogP contribution is 2.50. The van der Waals surface area contributed by atoms with Crippen LogP contribution in [0, 0.1) is 5.92 Å². The number of hydrogen-bond donors (Lipinski definition) is 2. The van der Waals surface area contributed by atoms with Crippen molar-refractivity contribution in [1.29, 1.82) is 0 Å². The molecule has 0 saturated heterocycles. The van der Waals surface area contributed by atoms with Crippen molar-refractivity contribution < 1.29 is 9.53 Å². The summed E-state index contributed by atoms with van der Waals surface area (Å²) in [6.07, 6.45) is 6.88. The van der Waals surface area contributed by atoms with Crippen molar-refractivity contribution in [3.63, 3.8) is 0 Å². The van der Waals surface area contributed by atoms with Crippen LogP contribution in [0.25, 0.3) is 0 Å². The van der Waals surface area contributed by atoms with Gasteiger partial charge in [0.25, 0.3) is 0 Å². The molecule has 33 heavy (non-hydrogen) atoms. The molecule has 1 amide bonds. The van der Waals surface area contributed by atoms with E-state index in [0.717, 1.165) is 30.0 Å². The summed E-state index contributed by atoms with van der Waals surface area (Å²) in [6.45, 7) is 2.68. The first-order valence-electron chi connectivity index (χ1n) is 11.8. The molecule has 0 bridgehead atoms. The summed E-state index contributed by atoms with van der Waals surface area (Å²) in [5.74, 6) is 1.76. The molecule has 3 unspecified atom stereocenters. The standard InChI is InChI=1S/C29H30N2O2/c1-2-33-23-15-12-21(13-16-23)29-25-10-6-9-24(25)26-19-22(14-17-27(26)31-29)30-28(32)18-11-20-7-4-3-5-8-20/h3-9,12-17,19,24-25,29,31H,2,10-11,18H2,1H3,(H,30,32). The van der Waals surface area contributed by atoms with E-state index in [1.807, 2.05) is 31.2 Å². The maximum atomic E-state index is 12.5. The van der Waals surface area contributed by atoms with Crippen molar-refractivity contribution in [3.05, 3.63) is 102 Å². The molecule has 1 heterocycles. The largest absolute Gasteiger partial charge is 0.494 e. The predicted molar refractivity (Wildman–Crippen MR) is 134 cm³/mol. The van der Waals surface area contributed by atoms with E-state index in [4.69, 9.17) is 4.74 Å². The van der Waals surface area contributed by atoms with Gasteiger partial charge in [-0.1, -0.05) is 54.6 Å². The van der Waals surface area contributed by atoms with Crippen LogP contribution in [0.2, 0.25) is 0 Å². The van der Waals surface area contributed by atoms with Gasteiger partial charge in [-0.05, 0) is 72.7 Å². The number of carbonyl (C=O) groups excluding carboxylic acids is 1. The third-order valence-corrected chi connectivity index (χ3v) is 6.68. The molecule has 1 aliphatic heterocycles. The lowest BCUT2D eigenvalue weighted by Crippen LogP contribution is -2.29. The number of nitrogens with one attached hydrogen (secondary N) is 2. The zero-order chi connectivity index (χ0) is 22.6. The quantitative estimate of drug-likeness (QED) is 0.415. The highest BCUT2D eigenvalue weighted by Gasteiger charge is 2.38. The number of allylic oxidation sites excluding steroid dienone is 2. The molecule has 3 aromatic carbocycles. The van der Waals surface area contributed by atoms with E-state index in [1.54, 1.807) is 0 Å². The third-order valence-electron chi connectivity index (χ3n) is 6.68. The van der Waals surface area contributed by atoms with E-state index in [9.17, 15) is 4.79 Å². The van der Waals surface area contributed by atoms with Gasteiger partial charge in [-0.3, -0.25) is 4.79 Å². The predicted octanol–water partition coefficient (Wildman–Crippen LogP) is 6.48. The second-order valence-corrected chi connectivity index (χ2v) is 8.81. The van der Waals surface area contributed by atoms with Crippen LogP contribution in [-0.2, 0) is 11.2 Å². The maximum Gasteiger partial charge on any atom is 0.224 e. The molecular formula is C29H30N2O2. The number of rotatable bonds is 7. The Morgan fingerprint density at radius 1 is 1.06 bits per heavy atom. The lowest BCUT2D eigenvalue weighted by molar-refractivity contribution is -0.116. The van der Waals surface area contributed by atoms with Gasteiger partial charge < -0.3 is 15.4 Å². The van der Waals surface area contributed by atoms with Gasteiger partial charge >= 0.3 is 0 Å². The Morgan fingerprint density at radius 2 is 1.88 bits per heavy atom. The molecule has 168 valence electrons. The number of amides is 1. The van der Waals surface area contributed by atoms with Gasteiger partial charge in [0.2, 0.25) is 5.91 Å². The van der Waals surface area contributed by atoms with Gasteiger partial charge in [0.1, 0.15) is 5.75 Å². The van der Waals surface area contributed by atoms with E-state index in [0.29, 0.717) is 24.9 Å².